The Labute approximate surface area is 530 Å². The highest BCUT2D eigenvalue weighted by atomic mass is 79.9. The van der Waals surface area contributed by atoms with Crippen molar-refractivity contribution in [2.75, 3.05) is 80.8 Å². The van der Waals surface area contributed by atoms with E-state index in [9.17, 15) is 4.79 Å². The standard InChI is InChI=1S/C19H19NO4S.C19H19NO3S2.C19H17NO3S2.CHBrCl2.CH2Cl2/c1-22-15-9-13(10-16(23-2)18(15)24-3)17(21)14-11-25-19(20-14)12-7-5-4-6-8-12;2*1-21-15-9-13(10-16(22-2)17(15)23-3)18(24)14-11-25-19(20-14)12-7-5-4-6-8-12;2-1(3)4;2-1-3/h2*4-10,14H,11H2,1-3H3;4-11H,1-3H3;1H;1H2. The van der Waals surface area contributed by atoms with E-state index in [2.05, 4.69) is 38.0 Å². The lowest BCUT2D eigenvalue weighted by Crippen LogP contribution is -2.19. The summed E-state index contributed by atoms with van der Waals surface area (Å²) in [5.74, 6) is 6.22. The van der Waals surface area contributed by atoms with E-state index in [1.165, 1.54) is 21.3 Å². The van der Waals surface area contributed by atoms with Crippen LogP contribution in [0.25, 0.3) is 10.6 Å². The zero-order valence-electron chi connectivity index (χ0n) is 45.9. The van der Waals surface area contributed by atoms with Gasteiger partial charge in [-0.3, -0.25) is 14.8 Å². The van der Waals surface area contributed by atoms with Crippen molar-refractivity contribution >= 4 is 147 Å². The number of nitrogens with zero attached hydrogens (tertiary/aromatic N) is 3. The number of carbonyl (C=O) groups excluding carboxylic acids is 1. The van der Waals surface area contributed by atoms with Gasteiger partial charge in [0.25, 0.3) is 0 Å². The number of thiocarbonyl (C=S) groups is 2. The van der Waals surface area contributed by atoms with Gasteiger partial charge in [0.15, 0.2) is 44.0 Å². The molecule has 2 aliphatic rings. The molecule has 0 N–H and O–H groups in total. The average Bonchev–Trinajstić information content (AvgIpc) is 4.36. The molecule has 0 saturated carbocycles. The lowest BCUT2D eigenvalue weighted by atomic mass is 10.0. The number of methoxy groups -OCH3 is 9. The Balaban J connectivity index is 0.000000213. The summed E-state index contributed by atoms with van der Waals surface area (Å²) in [4.78, 5) is 28.4. The number of thioether (sulfide) groups is 2. The molecule has 3 heterocycles. The van der Waals surface area contributed by atoms with Crippen LogP contribution >= 0.6 is 122 Å². The highest BCUT2D eigenvalue weighted by Gasteiger charge is 2.29. The van der Waals surface area contributed by atoms with E-state index in [4.69, 9.17) is 118 Å². The van der Waals surface area contributed by atoms with Gasteiger partial charge < -0.3 is 42.6 Å². The summed E-state index contributed by atoms with van der Waals surface area (Å²) in [7, 11) is 14.1. The first-order chi connectivity index (χ1) is 39.7. The number of thiazole rings is 1. The maximum atomic E-state index is 12.9. The molecule has 0 fully saturated rings. The second-order valence-electron chi connectivity index (χ2n) is 16.3. The van der Waals surface area contributed by atoms with E-state index >= 15 is 0 Å². The first-order valence-electron chi connectivity index (χ1n) is 24.3. The van der Waals surface area contributed by atoms with Crippen molar-refractivity contribution in [1.82, 2.24) is 4.98 Å². The Hall–Kier alpha value is -5.32. The number of hydrogen-bond acceptors (Lipinski definition) is 18. The van der Waals surface area contributed by atoms with Crippen LogP contribution in [-0.4, -0.2) is 127 Å². The second-order valence-corrected chi connectivity index (χ2v) is 23.9. The van der Waals surface area contributed by atoms with Crippen LogP contribution < -0.4 is 42.6 Å². The number of aliphatic imine (C=N–C) groups is 2. The first kappa shape index (κ1) is 67.5. The molecule has 7 aromatic rings. The summed E-state index contributed by atoms with van der Waals surface area (Å²) < 4.78 is 47.9. The van der Waals surface area contributed by atoms with Crippen LogP contribution in [0, 0.1) is 0 Å². The molecule has 0 bridgehead atoms. The zero-order valence-corrected chi connectivity index (χ0v) is 54.6. The number of alkyl halides is 5. The van der Waals surface area contributed by atoms with Gasteiger partial charge in [-0.1, -0.05) is 155 Å². The van der Waals surface area contributed by atoms with Crippen LogP contribution in [0.3, 0.4) is 0 Å². The van der Waals surface area contributed by atoms with Gasteiger partial charge in [-0.15, -0.1) is 58.1 Å². The van der Waals surface area contributed by atoms with Crippen molar-refractivity contribution in [1.29, 1.82) is 0 Å². The van der Waals surface area contributed by atoms with E-state index in [1.807, 2.05) is 109 Å². The number of ketones is 1. The molecule has 0 aliphatic carbocycles. The number of carbonyl (C=O) groups is 1. The van der Waals surface area contributed by atoms with Crippen LogP contribution in [0.2, 0.25) is 0 Å². The molecular weight excluding hydrogens is 1290 g/mol. The van der Waals surface area contributed by atoms with Gasteiger partial charge in [-0.05, 0) is 42.0 Å². The molecule has 23 heteroatoms. The average molecular weight is 1350 g/mol. The minimum Gasteiger partial charge on any atom is -0.493 e. The zero-order chi connectivity index (χ0) is 59.7. The molecule has 1 aromatic heterocycles. The van der Waals surface area contributed by atoms with Crippen LogP contribution in [-0.2, 0) is 0 Å². The van der Waals surface area contributed by atoms with Gasteiger partial charge >= 0.3 is 0 Å². The third-order valence-electron chi connectivity index (χ3n) is 11.5. The molecule has 2 atom stereocenters. The lowest BCUT2D eigenvalue weighted by Gasteiger charge is -2.15. The van der Waals surface area contributed by atoms with Gasteiger partial charge in [-0.2, -0.15) is 0 Å². The largest absolute Gasteiger partial charge is 0.493 e. The first-order valence-corrected chi connectivity index (χ1v) is 30.8. The number of ether oxygens (including phenoxy) is 9. The number of Topliss-reactive ketones (excluding diaryl/α,β-unsaturated/α-hetero) is 1. The van der Waals surface area contributed by atoms with Gasteiger partial charge in [0.1, 0.15) is 11.0 Å². The van der Waals surface area contributed by atoms with Crippen molar-refractivity contribution < 1.29 is 47.4 Å². The van der Waals surface area contributed by atoms with Crippen molar-refractivity contribution in [3.63, 3.8) is 0 Å². The molecule has 6 aromatic carbocycles. The summed E-state index contributed by atoms with van der Waals surface area (Å²) in [6.45, 7) is 0. The van der Waals surface area contributed by atoms with E-state index in [1.54, 1.807) is 89.7 Å². The fourth-order valence-corrected chi connectivity index (χ4v) is 11.4. The SMILES string of the molecule is COc1cc(C(=O)C2CSC(c3ccccc3)=N2)cc(OC)c1OC.COc1cc(C(=S)C2CSC(c3ccccc3)=N2)cc(OC)c1OC.COc1cc(C(=S)c2csc(-c3ccccc3)n2)cc(OC)c1OC.ClC(Cl)Br.ClCCl. The summed E-state index contributed by atoms with van der Waals surface area (Å²) in [5.41, 5.74) is 6.16. The molecule has 0 amide bonds. The molecule has 0 saturated heterocycles. The fraction of sp³-hybridized carbons (Fsp3) is 0.254. The summed E-state index contributed by atoms with van der Waals surface area (Å²) in [6.07, 6.45) is 0. The summed E-state index contributed by atoms with van der Waals surface area (Å²) >= 11 is 38.5. The molecule has 0 radical (unpaired) electrons. The maximum absolute atomic E-state index is 12.9. The number of halogens is 5. The predicted octanol–water partition coefficient (Wildman–Crippen LogP) is 15.6. The van der Waals surface area contributed by atoms with Crippen LogP contribution in [0.5, 0.6) is 51.7 Å². The highest BCUT2D eigenvalue weighted by Crippen LogP contribution is 2.42. The number of aromatic nitrogens is 1. The van der Waals surface area contributed by atoms with Crippen molar-refractivity contribution in [3.8, 4) is 62.3 Å². The number of hydrogen-bond donors (Lipinski definition) is 0. The number of benzene rings is 6. The van der Waals surface area contributed by atoms with Gasteiger partial charge in [0.05, 0.1) is 96.0 Å². The Morgan fingerprint density at radius 3 is 1.23 bits per heavy atom. The Kier molecular flexibility index (Phi) is 28.9. The smallest absolute Gasteiger partial charge is 0.203 e. The Morgan fingerprint density at radius 2 is 0.866 bits per heavy atom. The normalized spacial score (nSPS) is 13.7. The molecule has 2 aliphatic heterocycles. The summed E-state index contributed by atoms with van der Waals surface area (Å²) in [5, 5.41) is 5.02. The van der Waals surface area contributed by atoms with Gasteiger partial charge in [0, 0.05) is 49.6 Å². The second kappa shape index (κ2) is 35.1. The number of rotatable bonds is 18. The quantitative estimate of drug-likeness (QED) is 0.0457. The third kappa shape index (κ3) is 18.6. The Morgan fingerprint density at radius 1 is 0.537 bits per heavy atom. The van der Waals surface area contributed by atoms with Crippen LogP contribution in [0.4, 0.5) is 0 Å². The van der Waals surface area contributed by atoms with E-state index in [-0.39, 0.29) is 17.2 Å². The predicted molar refractivity (Wildman–Crippen MR) is 352 cm³/mol. The molecular formula is C59H58BrCl4N3O10S5. The maximum Gasteiger partial charge on any atom is 0.203 e. The van der Waals surface area contributed by atoms with E-state index in [0.717, 1.165) is 59.2 Å². The minimum absolute atomic E-state index is 0.0435. The molecule has 82 heavy (non-hydrogen) atoms. The van der Waals surface area contributed by atoms with Crippen molar-refractivity contribution in [2.45, 2.75) is 15.8 Å². The summed E-state index contributed by atoms with van der Waals surface area (Å²) in [6, 6.07) is 40.4. The molecule has 0 spiro atoms. The van der Waals surface area contributed by atoms with Crippen LogP contribution in [0.1, 0.15) is 38.3 Å². The van der Waals surface area contributed by atoms with Gasteiger partial charge in [0.2, 0.25) is 17.2 Å². The van der Waals surface area contributed by atoms with E-state index in [0.29, 0.717) is 67.9 Å². The third-order valence-corrected chi connectivity index (χ3v) is 15.6. The fourth-order valence-electron chi connectivity index (χ4n) is 7.78. The topological polar surface area (TPSA) is 138 Å². The highest BCUT2D eigenvalue weighted by molar-refractivity contribution is 9.10. The van der Waals surface area contributed by atoms with Crippen molar-refractivity contribution in [2.24, 2.45) is 9.98 Å². The van der Waals surface area contributed by atoms with Crippen molar-refractivity contribution in [3.05, 3.63) is 166 Å². The molecule has 9 rings (SSSR count). The Bertz CT molecular complexity index is 3060. The molecule has 434 valence electrons. The lowest BCUT2D eigenvalue weighted by molar-refractivity contribution is 0.0970. The van der Waals surface area contributed by atoms with Crippen LogP contribution in [0.15, 0.2) is 143 Å². The molecule has 2 unspecified atom stereocenters. The molecule has 13 nitrogen and oxygen atoms in total. The van der Waals surface area contributed by atoms with E-state index < -0.39 is 9.79 Å². The minimum atomic E-state index is -0.414. The van der Waals surface area contributed by atoms with Gasteiger partial charge in [-0.25, -0.2) is 4.98 Å². The monoisotopic (exact) mass is 1350 g/mol.